The largest absolute Gasteiger partial charge is 0.376 e. The van der Waals surface area contributed by atoms with Gasteiger partial charge in [-0.1, -0.05) is 24.3 Å². The lowest BCUT2D eigenvalue weighted by Gasteiger charge is -2.31. The third-order valence-electron chi connectivity index (χ3n) is 4.08. The Kier molecular flexibility index (Phi) is 7.58. The quantitative estimate of drug-likeness (QED) is 0.718. The van der Waals surface area contributed by atoms with Crippen molar-refractivity contribution in [3.8, 4) is 0 Å². The van der Waals surface area contributed by atoms with E-state index >= 15 is 0 Å². The first-order valence-electron chi connectivity index (χ1n) is 8.23. The van der Waals surface area contributed by atoms with Gasteiger partial charge in [0.1, 0.15) is 0 Å². The molecule has 3 rings (SSSR count). The average Bonchev–Trinajstić information content (AvgIpc) is 2.54. The van der Waals surface area contributed by atoms with Crippen molar-refractivity contribution in [2.24, 2.45) is 4.99 Å². The highest BCUT2D eigenvalue weighted by Crippen LogP contribution is 2.12. The molecule has 5 nitrogen and oxygen atoms in total. The van der Waals surface area contributed by atoms with Gasteiger partial charge in [0.25, 0.3) is 0 Å². The van der Waals surface area contributed by atoms with Crippen LogP contribution in [0.15, 0.2) is 29.3 Å². The molecule has 0 amide bonds. The normalized spacial score (nSPS) is 21.8. The van der Waals surface area contributed by atoms with Gasteiger partial charge in [-0.25, -0.2) is 0 Å². The first-order valence-corrected chi connectivity index (χ1v) is 8.23. The van der Waals surface area contributed by atoms with E-state index < -0.39 is 0 Å². The number of aliphatic imine (C=N–C) groups is 1. The van der Waals surface area contributed by atoms with Gasteiger partial charge in [0.05, 0.1) is 12.7 Å². The third kappa shape index (κ3) is 5.93. The average molecular weight is 430 g/mol. The smallest absolute Gasteiger partial charge is 0.191 e. The van der Waals surface area contributed by atoms with Gasteiger partial charge in [0.15, 0.2) is 5.96 Å². The van der Waals surface area contributed by atoms with Gasteiger partial charge in [-0.15, -0.1) is 24.0 Å². The second-order valence-electron chi connectivity index (χ2n) is 6.10. The van der Waals surface area contributed by atoms with Crippen LogP contribution < -0.4 is 10.6 Å². The van der Waals surface area contributed by atoms with Crippen LogP contribution in [0, 0.1) is 0 Å². The van der Waals surface area contributed by atoms with Gasteiger partial charge in [-0.2, -0.15) is 0 Å². The monoisotopic (exact) mass is 430 g/mol. The number of hydrogen-bond acceptors (Lipinski definition) is 5. The zero-order valence-corrected chi connectivity index (χ0v) is 16.1. The minimum atomic E-state index is 0. The fourth-order valence-corrected chi connectivity index (χ4v) is 2.97. The Morgan fingerprint density at radius 1 is 1.39 bits per heavy atom. The molecule has 6 heteroatoms. The SMILES string of the molecule is CC1CN(Cc2cccc(CNC3=NCCCN3)c2)CCO1.I. The Balaban J connectivity index is 0.00000192. The highest BCUT2D eigenvalue weighted by molar-refractivity contribution is 14.0. The summed E-state index contributed by atoms with van der Waals surface area (Å²) in [5.41, 5.74) is 2.67. The first-order chi connectivity index (χ1) is 10.8. The number of rotatable bonds is 4. The van der Waals surface area contributed by atoms with E-state index in [1.165, 1.54) is 11.1 Å². The maximum absolute atomic E-state index is 5.60. The fourth-order valence-electron chi connectivity index (χ4n) is 2.97. The zero-order chi connectivity index (χ0) is 15.2. The van der Waals surface area contributed by atoms with Crippen molar-refractivity contribution < 1.29 is 4.74 Å². The van der Waals surface area contributed by atoms with Crippen molar-refractivity contribution in [1.82, 2.24) is 15.5 Å². The molecule has 1 unspecified atom stereocenters. The number of nitrogens with one attached hydrogen (secondary N) is 2. The lowest BCUT2D eigenvalue weighted by atomic mass is 10.1. The summed E-state index contributed by atoms with van der Waals surface area (Å²) < 4.78 is 5.60. The topological polar surface area (TPSA) is 48.9 Å². The number of morpholine rings is 1. The maximum atomic E-state index is 5.60. The van der Waals surface area contributed by atoms with E-state index in [1.807, 2.05) is 0 Å². The molecule has 1 aromatic rings. The molecule has 2 aliphatic heterocycles. The molecular formula is C17H27IN4O. The lowest BCUT2D eigenvalue weighted by Crippen LogP contribution is -2.40. The van der Waals surface area contributed by atoms with Gasteiger partial charge < -0.3 is 15.4 Å². The van der Waals surface area contributed by atoms with E-state index in [2.05, 4.69) is 51.7 Å². The van der Waals surface area contributed by atoms with Crippen LogP contribution in [0.25, 0.3) is 0 Å². The van der Waals surface area contributed by atoms with Crippen LogP contribution in [0.1, 0.15) is 24.5 Å². The highest BCUT2D eigenvalue weighted by atomic mass is 127. The van der Waals surface area contributed by atoms with Gasteiger partial charge in [-0.05, 0) is 24.5 Å². The number of guanidine groups is 1. The number of hydrogen-bond donors (Lipinski definition) is 2. The second-order valence-corrected chi connectivity index (χ2v) is 6.10. The number of benzene rings is 1. The molecule has 1 fully saturated rings. The Morgan fingerprint density at radius 2 is 2.26 bits per heavy atom. The zero-order valence-electron chi connectivity index (χ0n) is 13.8. The molecular weight excluding hydrogens is 403 g/mol. The molecule has 0 radical (unpaired) electrons. The highest BCUT2D eigenvalue weighted by Gasteiger charge is 2.16. The Labute approximate surface area is 155 Å². The fraction of sp³-hybridized carbons (Fsp3) is 0.588. The Hall–Kier alpha value is -0.860. The summed E-state index contributed by atoms with van der Waals surface area (Å²) in [7, 11) is 0. The van der Waals surface area contributed by atoms with Crippen molar-refractivity contribution in [1.29, 1.82) is 0 Å². The molecule has 128 valence electrons. The number of ether oxygens (including phenoxy) is 1. The van der Waals surface area contributed by atoms with Crippen molar-refractivity contribution in [2.45, 2.75) is 32.5 Å². The standard InChI is InChI=1S/C17H26N4O.HI/c1-14-12-21(8-9-22-14)13-16-5-2-4-15(10-16)11-20-17-18-6-3-7-19-17;/h2,4-5,10,14H,3,6-9,11-13H2,1H3,(H2,18,19,20);1H. The van der Waals surface area contributed by atoms with Crippen molar-refractivity contribution in [3.63, 3.8) is 0 Å². The third-order valence-corrected chi connectivity index (χ3v) is 4.08. The summed E-state index contributed by atoms with van der Waals surface area (Å²) in [5.74, 6) is 0.929. The summed E-state index contributed by atoms with van der Waals surface area (Å²) >= 11 is 0. The maximum Gasteiger partial charge on any atom is 0.191 e. The lowest BCUT2D eigenvalue weighted by molar-refractivity contribution is -0.0212. The van der Waals surface area contributed by atoms with Gasteiger partial charge in [0.2, 0.25) is 0 Å². The summed E-state index contributed by atoms with van der Waals surface area (Å²) in [6.07, 6.45) is 1.47. The molecule has 2 aliphatic rings. The minimum absolute atomic E-state index is 0. The van der Waals surface area contributed by atoms with Crippen LogP contribution in [0.3, 0.4) is 0 Å². The molecule has 0 aromatic heterocycles. The van der Waals surface area contributed by atoms with Crippen LogP contribution in [-0.2, 0) is 17.8 Å². The molecule has 23 heavy (non-hydrogen) atoms. The van der Waals surface area contributed by atoms with Crippen LogP contribution in [0.5, 0.6) is 0 Å². The van der Waals surface area contributed by atoms with E-state index in [4.69, 9.17) is 4.74 Å². The molecule has 0 saturated carbocycles. The van der Waals surface area contributed by atoms with Crippen LogP contribution in [-0.4, -0.2) is 49.7 Å². The first kappa shape index (κ1) is 18.5. The minimum Gasteiger partial charge on any atom is -0.376 e. The van der Waals surface area contributed by atoms with Crippen molar-refractivity contribution in [2.75, 3.05) is 32.8 Å². The molecule has 0 spiro atoms. The van der Waals surface area contributed by atoms with E-state index in [0.29, 0.717) is 6.10 Å². The van der Waals surface area contributed by atoms with E-state index in [0.717, 1.165) is 58.3 Å². The van der Waals surface area contributed by atoms with E-state index in [9.17, 15) is 0 Å². The summed E-state index contributed by atoms with van der Waals surface area (Å²) in [4.78, 5) is 6.91. The van der Waals surface area contributed by atoms with E-state index in [1.54, 1.807) is 0 Å². The van der Waals surface area contributed by atoms with Crippen molar-refractivity contribution >= 4 is 29.9 Å². The Bertz CT molecular complexity index is 523. The number of halogens is 1. The predicted octanol–water partition coefficient (Wildman–Crippen LogP) is 1.96. The molecule has 1 atom stereocenters. The van der Waals surface area contributed by atoms with Crippen LogP contribution in [0.2, 0.25) is 0 Å². The molecule has 2 heterocycles. The summed E-state index contributed by atoms with van der Waals surface area (Å²) in [6, 6.07) is 8.81. The molecule has 1 saturated heterocycles. The molecule has 0 aliphatic carbocycles. The van der Waals surface area contributed by atoms with Gasteiger partial charge in [0, 0.05) is 39.3 Å². The van der Waals surface area contributed by atoms with E-state index in [-0.39, 0.29) is 24.0 Å². The molecule has 2 N–H and O–H groups in total. The number of nitrogens with zero attached hydrogens (tertiary/aromatic N) is 2. The van der Waals surface area contributed by atoms with Crippen molar-refractivity contribution in [3.05, 3.63) is 35.4 Å². The predicted molar refractivity (Wildman–Crippen MR) is 104 cm³/mol. The van der Waals surface area contributed by atoms with Crippen LogP contribution in [0.4, 0.5) is 0 Å². The molecule has 1 aromatic carbocycles. The van der Waals surface area contributed by atoms with Crippen LogP contribution >= 0.6 is 24.0 Å². The van der Waals surface area contributed by atoms with Gasteiger partial charge in [-0.3, -0.25) is 9.89 Å². The Morgan fingerprint density at radius 3 is 3.04 bits per heavy atom. The summed E-state index contributed by atoms with van der Waals surface area (Å²) in [5, 5.41) is 6.67. The summed E-state index contributed by atoms with van der Waals surface area (Å²) in [6.45, 7) is 8.78. The van der Waals surface area contributed by atoms with Gasteiger partial charge >= 0.3 is 0 Å². The molecule has 0 bridgehead atoms. The second kappa shape index (κ2) is 9.44.